The zero-order chi connectivity index (χ0) is 21.8. The van der Waals surface area contributed by atoms with E-state index in [1.165, 1.54) is 29.4 Å². The van der Waals surface area contributed by atoms with E-state index in [-0.39, 0.29) is 18.7 Å². The number of aliphatic hydroxyl groups is 2. The molecule has 2 N–H and O–H groups in total. The Morgan fingerprint density at radius 2 is 2.03 bits per heavy atom. The fraction of sp³-hybridized carbons (Fsp3) is 0.417. The van der Waals surface area contributed by atoms with Gasteiger partial charge in [-0.05, 0) is 36.5 Å². The van der Waals surface area contributed by atoms with Gasteiger partial charge in [0.2, 0.25) is 5.71 Å². The van der Waals surface area contributed by atoms with E-state index in [1.807, 2.05) is 12.1 Å². The molecular weight excluding hydrogens is 396 g/mol. The van der Waals surface area contributed by atoms with Crippen LogP contribution < -0.4 is 5.69 Å². The molecular formula is C24H26N2O5. The van der Waals surface area contributed by atoms with Crippen molar-refractivity contribution in [1.82, 2.24) is 9.55 Å². The van der Waals surface area contributed by atoms with Gasteiger partial charge in [0.15, 0.2) is 5.76 Å². The number of aromatic nitrogens is 2. The fourth-order valence-electron chi connectivity index (χ4n) is 3.71. The Morgan fingerprint density at radius 1 is 1.23 bits per heavy atom. The SMILES string of the molecule is CCCCCc1ccc(C#Cc2cc3cn([C@H]4C[C@H](O)[C@@H](CO)O4)c(=O)nc3o2)cc1. The van der Waals surface area contributed by atoms with Crippen LogP contribution in [0.4, 0.5) is 0 Å². The third kappa shape index (κ3) is 4.88. The van der Waals surface area contributed by atoms with Gasteiger partial charge < -0.3 is 19.4 Å². The van der Waals surface area contributed by atoms with E-state index < -0.39 is 24.1 Å². The Labute approximate surface area is 180 Å². The van der Waals surface area contributed by atoms with Crippen LogP contribution in [0.1, 0.15) is 55.7 Å². The first kappa shape index (κ1) is 21.3. The molecule has 0 amide bonds. The van der Waals surface area contributed by atoms with Crippen LogP contribution in [-0.4, -0.2) is 38.6 Å². The highest BCUT2D eigenvalue weighted by molar-refractivity contribution is 5.74. The number of rotatable bonds is 6. The lowest BCUT2D eigenvalue weighted by Gasteiger charge is -2.13. The van der Waals surface area contributed by atoms with Gasteiger partial charge in [-0.15, -0.1) is 0 Å². The van der Waals surface area contributed by atoms with E-state index in [4.69, 9.17) is 9.15 Å². The van der Waals surface area contributed by atoms with Crippen LogP contribution in [0.3, 0.4) is 0 Å². The molecule has 0 spiro atoms. The summed E-state index contributed by atoms with van der Waals surface area (Å²) in [7, 11) is 0. The molecule has 0 saturated carbocycles. The maximum absolute atomic E-state index is 12.4. The second-order valence-electron chi connectivity index (χ2n) is 7.82. The molecule has 0 bridgehead atoms. The normalized spacial score (nSPS) is 20.7. The summed E-state index contributed by atoms with van der Waals surface area (Å²) in [6.07, 6.45) is 4.29. The van der Waals surface area contributed by atoms with Crippen LogP contribution in [0.25, 0.3) is 11.1 Å². The number of aryl methyl sites for hydroxylation is 1. The van der Waals surface area contributed by atoms with Gasteiger partial charge in [0.25, 0.3) is 0 Å². The lowest BCUT2D eigenvalue weighted by atomic mass is 10.1. The maximum atomic E-state index is 12.4. The number of furan rings is 1. The van der Waals surface area contributed by atoms with Gasteiger partial charge in [-0.2, -0.15) is 4.98 Å². The molecule has 7 nitrogen and oxygen atoms in total. The molecule has 1 aliphatic heterocycles. The third-order valence-corrected chi connectivity index (χ3v) is 5.48. The summed E-state index contributed by atoms with van der Waals surface area (Å²) in [4.78, 5) is 16.3. The van der Waals surface area contributed by atoms with E-state index in [0.717, 1.165) is 12.0 Å². The first-order valence-electron chi connectivity index (χ1n) is 10.7. The molecule has 7 heteroatoms. The predicted octanol–water partition coefficient (Wildman–Crippen LogP) is 2.76. The van der Waals surface area contributed by atoms with Crippen molar-refractivity contribution >= 4 is 11.1 Å². The molecule has 3 aromatic rings. The lowest BCUT2D eigenvalue weighted by molar-refractivity contribution is -0.0457. The van der Waals surface area contributed by atoms with Crippen molar-refractivity contribution < 1.29 is 19.4 Å². The minimum atomic E-state index is -0.832. The molecule has 3 heterocycles. The standard InChI is InChI=1S/C24H26N2O5/c1-2-3-4-5-16-6-8-17(9-7-16)10-11-19-12-18-14-26(24(29)25-23(18)30-19)22-13-20(28)21(15-27)31-22/h6-9,12,14,20-22,27-28H,2-5,13,15H2,1H3/t20-,21+,22+/m0/s1. The number of hydrogen-bond donors (Lipinski definition) is 2. The van der Waals surface area contributed by atoms with Crippen molar-refractivity contribution in [3.05, 3.63) is 63.9 Å². The summed E-state index contributed by atoms with van der Waals surface area (Å²) in [6.45, 7) is 1.89. The molecule has 2 aromatic heterocycles. The Hall–Kier alpha value is -2.92. The number of fused-ring (bicyclic) bond motifs is 1. The summed E-state index contributed by atoms with van der Waals surface area (Å²) in [5.74, 6) is 6.47. The summed E-state index contributed by atoms with van der Waals surface area (Å²) in [5, 5.41) is 19.8. The number of nitrogens with zero attached hydrogens (tertiary/aromatic N) is 2. The zero-order valence-corrected chi connectivity index (χ0v) is 17.5. The molecule has 3 atom stereocenters. The highest BCUT2D eigenvalue weighted by atomic mass is 16.5. The average Bonchev–Trinajstić information content (AvgIpc) is 3.34. The smallest absolute Gasteiger partial charge is 0.353 e. The van der Waals surface area contributed by atoms with Crippen LogP contribution in [0.2, 0.25) is 0 Å². The molecule has 1 fully saturated rings. The van der Waals surface area contributed by atoms with Crippen molar-refractivity contribution in [2.24, 2.45) is 0 Å². The summed E-state index contributed by atoms with van der Waals surface area (Å²) >= 11 is 0. The first-order chi connectivity index (χ1) is 15.1. The van der Waals surface area contributed by atoms with E-state index >= 15 is 0 Å². The Balaban J connectivity index is 1.51. The quantitative estimate of drug-likeness (QED) is 0.468. The van der Waals surface area contributed by atoms with E-state index in [2.05, 4.69) is 35.9 Å². The van der Waals surface area contributed by atoms with Gasteiger partial charge in [0.1, 0.15) is 12.3 Å². The monoisotopic (exact) mass is 422 g/mol. The number of aliphatic hydroxyl groups excluding tert-OH is 2. The van der Waals surface area contributed by atoms with Crippen LogP contribution >= 0.6 is 0 Å². The largest absolute Gasteiger partial charge is 0.429 e. The Bertz CT molecular complexity index is 1150. The zero-order valence-electron chi connectivity index (χ0n) is 17.5. The summed E-state index contributed by atoms with van der Waals surface area (Å²) in [6, 6.07) is 9.92. The molecule has 31 heavy (non-hydrogen) atoms. The number of benzene rings is 1. The molecule has 0 radical (unpaired) electrons. The van der Waals surface area contributed by atoms with Gasteiger partial charge >= 0.3 is 5.69 Å². The van der Waals surface area contributed by atoms with Crippen molar-refractivity contribution in [1.29, 1.82) is 0 Å². The second-order valence-corrected chi connectivity index (χ2v) is 7.82. The molecule has 1 aliphatic rings. The van der Waals surface area contributed by atoms with E-state index in [1.54, 1.807) is 12.3 Å². The van der Waals surface area contributed by atoms with Gasteiger partial charge in [-0.3, -0.25) is 4.57 Å². The molecule has 4 rings (SSSR count). The highest BCUT2D eigenvalue weighted by Crippen LogP contribution is 2.28. The molecule has 0 unspecified atom stereocenters. The van der Waals surface area contributed by atoms with E-state index in [0.29, 0.717) is 11.1 Å². The second kappa shape index (κ2) is 9.48. The average molecular weight is 422 g/mol. The van der Waals surface area contributed by atoms with Gasteiger partial charge in [0.05, 0.1) is 18.1 Å². The maximum Gasteiger partial charge on any atom is 0.353 e. The minimum absolute atomic E-state index is 0.203. The summed E-state index contributed by atoms with van der Waals surface area (Å²) in [5.41, 5.74) is 1.85. The third-order valence-electron chi connectivity index (χ3n) is 5.48. The van der Waals surface area contributed by atoms with Crippen molar-refractivity contribution in [3.63, 3.8) is 0 Å². The van der Waals surface area contributed by atoms with Crippen LogP contribution in [-0.2, 0) is 11.2 Å². The molecule has 162 valence electrons. The van der Waals surface area contributed by atoms with Gasteiger partial charge in [-0.25, -0.2) is 4.79 Å². The van der Waals surface area contributed by atoms with Crippen LogP contribution in [0, 0.1) is 11.8 Å². The highest BCUT2D eigenvalue weighted by Gasteiger charge is 2.35. The van der Waals surface area contributed by atoms with Gasteiger partial charge in [-0.1, -0.05) is 37.8 Å². The fourth-order valence-corrected chi connectivity index (χ4v) is 3.71. The lowest BCUT2D eigenvalue weighted by Crippen LogP contribution is -2.27. The number of unbranched alkanes of at least 4 members (excludes halogenated alkanes) is 2. The topological polar surface area (TPSA) is 97.7 Å². The van der Waals surface area contributed by atoms with Crippen molar-refractivity contribution in [3.8, 4) is 11.8 Å². The molecule has 1 saturated heterocycles. The predicted molar refractivity (Wildman–Crippen MR) is 116 cm³/mol. The summed E-state index contributed by atoms with van der Waals surface area (Å²) < 4.78 is 12.5. The van der Waals surface area contributed by atoms with Crippen LogP contribution in [0.5, 0.6) is 0 Å². The molecule has 0 aliphatic carbocycles. The minimum Gasteiger partial charge on any atom is -0.429 e. The Morgan fingerprint density at radius 3 is 2.74 bits per heavy atom. The Kier molecular flexibility index (Phi) is 6.52. The van der Waals surface area contributed by atoms with E-state index in [9.17, 15) is 15.0 Å². The first-order valence-corrected chi connectivity index (χ1v) is 10.7. The van der Waals surface area contributed by atoms with Gasteiger partial charge in [0, 0.05) is 24.2 Å². The van der Waals surface area contributed by atoms with Crippen molar-refractivity contribution in [2.45, 2.75) is 57.5 Å². The molecule has 1 aromatic carbocycles. The number of ether oxygens (including phenoxy) is 1. The van der Waals surface area contributed by atoms with Crippen LogP contribution in [0.15, 0.2) is 45.7 Å². The number of hydrogen-bond acceptors (Lipinski definition) is 6. The van der Waals surface area contributed by atoms with Crippen molar-refractivity contribution in [2.75, 3.05) is 6.61 Å².